The summed E-state index contributed by atoms with van der Waals surface area (Å²) in [4.78, 5) is 4.39. The molecule has 0 saturated heterocycles. The fourth-order valence-corrected chi connectivity index (χ4v) is 1.87. The normalized spacial score (nSPS) is 10.8. The van der Waals surface area contributed by atoms with E-state index in [1.165, 1.54) is 12.8 Å². The molecule has 0 aliphatic heterocycles. The van der Waals surface area contributed by atoms with Gasteiger partial charge in [-0.25, -0.2) is 9.67 Å². The van der Waals surface area contributed by atoms with Crippen molar-refractivity contribution in [2.75, 3.05) is 11.9 Å². The summed E-state index contributed by atoms with van der Waals surface area (Å²) < 4.78 is 1.75. The Morgan fingerprint density at radius 3 is 2.67 bits per heavy atom. The number of hydrogen-bond acceptors (Lipinski definition) is 3. The summed E-state index contributed by atoms with van der Waals surface area (Å²) in [6.45, 7) is 5.47. The Balaban J connectivity index is 1.96. The Morgan fingerprint density at radius 2 is 2.11 bits per heavy atom. The number of aromatic nitrogens is 3. The van der Waals surface area contributed by atoms with Crippen LogP contribution in [0.2, 0.25) is 0 Å². The molecule has 0 aromatic carbocycles. The van der Waals surface area contributed by atoms with E-state index in [1.54, 1.807) is 10.9 Å². The molecule has 96 valence electrons. The Labute approximate surface area is 108 Å². The van der Waals surface area contributed by atoms with Crippen LogP contribution in [0.3, 0.4) is 0 Å². The molecule has 0 radical (unpaired) electrons. The van der Waals surface area contributed by atoms with Gasteiger partial charge in [-0.3, -0.25) is 0 Å². The highest BCUT2D eigenvalue weighted by atomic mass is 15.3. The maximum atomic E-state index is 4.39. The van der Waals surface area contributed by atoms with Crippen molar-refractivity contribution in [2.45, 2.75) is 26.7 Å². The SMILES string of the molecule is CCC(CC)CNc1ccc(-n2cccn2)nc1. The first-order chi connectivity index (χ1) is 8.83. The van der Waals surface area contributed by atoms with E-state index in [2.05, 4.69) is 29.2 Å². The van der Waals surface area contributed by atoms with E-state index in [0.717, 1.165) is 24.0 Å². The molecule has 0 saturated carbocycles. The molecule has 0 atom stereocenters. The monoisotopic (exact) mass is 244 g/mol. The topological polar surface area (TPSA) is 42.7 Å². The largest absolute Gasteiger partial charge is 0.384 e. The molecule has 2 aromatic heterocycles. The lowest BCUT2D eigenvalue weighted by atomic mass is 10.0. The van der Waals surface area contributed by atoms with Gasteiger partial charge in [0.25, 0.3) is 0 Å². The van der Waals surface area contributed by atoms with Crippen LogP contribution >= 0.6 is 0 Å². The van der Waals surface area contributed by atoms with Gasteiger partial charge in [0.2, 0.25) is 0 Å². The Hall–Kier alpha value is -1.84. The summed E-state index contributed by atoms with van der Waals surface area (Å²) in [5, 5.41) is 7.58. The summed E-state index contributed by atoms with van der Waals surface area (Å²) >= 11 is 0. The zero-order chi connectivity index (χ0) is 12.8. The van der Waals surface area contributed by atoms with Crippen molar-refractivity contribution < 1.29 is 0 Å². The molecule has 0 fully saturated rings. The van der Waals surface area contributed by atoms with Crippen molar-refractivity contribution in [3.63, 3.8) is 0 Å². The second-order valence-electron chi connectivity index (χ2n) is 4.42. The van der Waals surface area contributed by atoms with Crippen LogP contribution in [0.5, 0.6) is 0 Å². The van der Waals surface area contributed by atoms with Crippen molar-refractivity contribution in [3.8, 4) is 5.82 Å². The van der Waals surface area contributed by atoms with Gasteiger partial charge in [-0.05, 0) is 24.1 Å². The van der Waals surface area contributed by atoms with E-state index in [0.29, 0.717) is 0 Å². The third kappa shape index (κ3) is 3.09. The molecule has 0 unspecified atom stereocenters. The lowest BCUT2D eigenvalue weighted by Crippen LogP contribution is -2.12. The summed E-state index contributed by atoms with van der Waals surface area (Å²) in [5.74, 6) is 1.57. The van der Waals surface area contributed by atoms with Crippen molar-refractivity contribution in [3.05, 3.63) is 36.8 Å². The van der Waals surface area contributed by atoms with E-state index >= 15 is 0 Å². The van der Waals surface area contributed by atoms with Gasteiger partial charge in [0.15, 0.2) is 5.82 Å². The van der Waals surface area contributed by atoms with Crippen LogP contribution in [0.25, 0.3) is 5.82 Å². The molecule has 0 aliphatic carbocycles. The molecule has 0 bridgehead atoms. The molecular formula is C14H20N4. The number of pyridine rings is 1. The summed E-state index contributed by atoms with van der Waals surface area (Å²) in [6.07, 6.45) is 7.92. The first-order valence-corrected chi connectivity index (χ1v) is 6.53. The highest BCUT2D eigenvalue weighted by Gasteiger charge is 2.03. The average Bonchev–Trinajstić information content (AvgIpc) is 2.94. The third-order valence-electron chi connectivity index (χ3n) is 3.24. The molecule has 2 heterocycles. The summed E-state index contributed by atoms with van der Waals surface area (Å²) in [7, 11) is 0. The second kappa shape index (κ2) is 6.19. The molecule has 0 spiro atoms. The standard InChI is InChI=1S/C14H20N4/c1-3-12(4-2)10-15-13-6-7-14(16-11-13)18-9-5-8-17-18/h5-9,11-12,15H,3-4,10H2,1-2H3. The molecule has 1 N–H and O–H groups in total. The number of rotatable bonds is 6. The zero-order valence-electron chi connectivity index (χ0n) is 11.0. The maximum Gasteiger partial charge on any atom is 0.153 e. The van der Waals surface area contributed by atoms with Crippen molar-refractivity contribution >= 4 is 5.69 Å². The number of anilines is 1. The minimum absolute atomic E-state index is 0.732. The molecule has 2 rings (SSSR count). The van der Waals surface area contributed by atoms with Gasteiger partial charge < -0.3 is 5.32 Å². The Kier molecular flexibility index (Phi) is 4.34. The van der Waals surface area contributed by atoms with Gasteiger partial charge in [-0.15, -0.1) is 0 Å². The minimum Gasteiger partial charge on any atom is -0.384 e. The van der Waals surface area contributed by atoms with Crippen LogP contribution in [0.4, 0.5) is 5.69 Å². The van der Waals surface area contributed by atoms with Gasteiger partial charge in [-0.2, -0.15) is 5.10 Å². The smallest absolute Gasteiger partial charge is 0.153 e. The predicted molar refractivity (Wildman–Crippen MR) is 73.9 cm³/mol. The maximum absolute atomic E-state index is 4.39. The van der Waals surface area contributed by atoms with Crippen molar-refractivity contribution in [1.82, 2.24) is 14.8 Å². The Morgan fingerprint density at radius 1 is 1.28 bits per heavy atom. The highest BCUT2D eigenvalue weighted by Crippen LogP contribution is 2.12. The van der Waals surface area contributed by atoms with E-state index in [4.69, 9.17) is 0 Å². The summed E-state index contributed by atoms with van der Waals surface area (Å²) in [6, 6.07) is 5.91. The molecule has 0 amide bonds. The number of hydrogen-bond donors (Lipinski definition) is 1. The minimum atomic E-state index is 0.732. The van der Waals surface area contributed by atoms with Crippen LogP contribution in [-0.4, -0.2) is 21.3 Å². The molecule has 4 heteroatoms. The molecule has 4 nitrogen and oxygen atoms in total. The second-order valence-corrected chi connectivity index (χ2v) is 4.42. The van der Waals surface area contributed by atoms with E-state index in [9.17, 15) is 0 Å². The van der Waals surface area contributed by atoms with Gasteiger partial charge >= 0.3 is 0 Å². The molecule has 0 aliphatic rings. The Bertz CT molecular complexity index is 443. The zero-order valence-corrected chi connectivity index (χ0v) is 11.0. The first-order valence-electron chi connectivity index (χ1n) is 6.53. The van der Waals surface area contributed by atoms with E-state index in [-0.39, 0.29) is 0 Å². The molecule has 2 aromatic rings. The van der Waals surface area contributed by atoms with Crippen LogP contribution in [0, 0.1) is 5.92 Å². The number of nitrogens with one attached hydrogen (secondary N) is 1. The molecule has 18 heavy (non-hydrogen) atoms. The quantitative estimate of drug-likeness (QED) is 0.849. The lowest BCUT2D eigenvalue weighted by molar-refractivity contribution is 0.519. The van der Waals surface area contributed by atoms with Gasteiger partial charge in [0.05, 0.1) is 11.9 Å². The lowest BCUT2D eigenvalue weighted by Gasteiger charge is -2.14. The van der Waals surface area contributed by atoms with Gasteiger partial charge in [0, 0.05) is 18.9 Å². The fraction of sp³-hybridized carbons (Fsp3) is 0.429. The van der Waals surface area contributed by atoms with Gasteiger partial charge in [0.1, 0.15) is 0 Å². The van der Waals surface area contributed by atoms with Crippen LogP contribution in [0.1, 0.15) is 26.7 Å². The van der Waals surface area contributed by atoms with Crippen LogP contribution in [-0.2, 0) is 0 Å². The van der Waals surface area contributed by atoms with E-state index in [1.807, 2.05) is 30.6 Å². The van der Waals surface area contributed by atoms with Crippen molar-refractivity contribution in [2.24, 2.45) is 5.92 Å². The average molecular weight is 244 g/mol. The van der Waals surface area contributed by atoms with Crippen LogP contribution in [0.15, 0.2) is 36.8 Å². The van der Waals surface area contributed by atoms with Crippen molar-refractivity contribution in [1.29, 1.82) is 0 Å². The first kappa shape index (κ1) is 12.6. The molecular weight excluding hydrogens is 224 g/mol. The summed E-state index contributed by atoms with van der Waals surface area (Å²) in [5.41, 5.74) is 1.07. The van der Waals surface area contributed by atoms with Crippen LogP contribution < -0.4 is 5.32 Å². The predicted octanol–water partition coefficient (Wildman–Crippen LogP) is 3.12. The third-order valence-corrected chi connectivity index (χ3v) is 3.24. The fourth-order valence-electron chi connectivity index (χ4n) is 1.87. The highest BCUT2D eigenvalue weighted by molar-refractivity contribution is 5.43. The number of nitrogens with zero attached hydrogens (tertiary/aromatic N) is 3. The van der Waals surface area contributed by atoms with E-state index < -0.39 is 0 Å². The van der Waals surface area contributed by atoms with Gasteiger partial charge in [-0.1, -0.05) is 26.7 Å².